The maximum atomic E-state index is 13.4. The zero-order valence-corrected chi connectivity index (χ0v) is 18.5. The van der Waals surface area contributed by atoms with Crippen molar-refractivity contribution in [1.82, 2.24) is 19.7 Å². The normalized spacial score (nSPS) is 11.3. The highest BCUT2D eigenvalue weighted by atomic mass is 32.1. The van der Waals surface area contributed by atoms with Gasteiger partial charge in [-0.15, -0.1) is 11.3 Å². The van der Waals surface area contributed by atoms with Gasteiger partial charge in [-0.3, -0.25) is 4.79 Å². The molecule has 0 aliphatic heterocycles. The minimum atomic E-state index is -0.212. The number of amides is 1. The Kier molecular flexibility index (Phi) is 5.26. The number of nitrogens with zero attached hydrogens (tertiary/aromatic N) is 5. The van der Waals surface area contributed by atoms with Crippen molar-refractivity contribution >= 4 is 39.8 Å². The van der Waals surface area contributed by atoms with E-state index in [1.165, 1.54) is 4.88 Å². The number of hydrogen-bond acceptors (Lipinski definition) is 6. The smallest absolute Gasteiger partial charge is 0.256 e. The molecule has 4 aromatic heterocycles. The van der Waals surface area contributed by atoms with E-state index in [0.29, 0.717) is 22.7 Å². The van der Waals surface area contributed by atoms with Crippen molar-refractivity contribution in [1.29, 1.82) is 0 Å². The Hall–Kier alpha value is -3.26. The molecule has 0 fully saturated rings. The zero-order chi connectivity index (χ0) is 21.4. The van der Waals surface area contributed by atoms with Crippen LogP contribution in [0.3, 0.4) is 0 Å². The quantitative estimate of drug-likeness (QED) is 0.504. The first kappa shape index (κ1) is 20.0. The van der Waals surface area contributed by atoms with Crippen LogP contribution < -0.4 is 10.2 Å². The molecule has 1 N–H and O–H groups in total. The maximum Gasteiger partial charge on any atom is 0.256 e. The zero-order valence-electron chi connectivity index (χ0n) is 17.7. The van der Waals surface area contributed by atoms with E-state index in [0.717, 1.165) is 16.0 Å². The predicted octanol–water partition coefficient (Wildman–Crippen LogP) is 4.76. The van der Waals surface area contributed by atoms with Crippen molar-refractivity contribution in [3.8, 4) is 10.6 Å². The molecule has 0 radical (unpaired) electrons. The lowest BCUT2D eigenvalue weighted by molar-refractivity contribution is 0.102. The fourth-order valence-electron chi connectivity index (χ4n) is 3.32. The molecule has 4 heterocycles. The molecule has 0 aromatic carbocycles. The number of aromatic nitrogens is 4. The molecule has 0 aliphatic carbocycles. The van der Waals surface area contributed by atoms with Gasteiger partial charge in [-0.25, -0.2) is 14.6 Å². The third-order valence-electron chi connectivity index (χ3n) is 4.75. The summed E-state index contributed by atoms with van der Waals surface area (Å²) < 4.78 is 1.85. The van der Waals surface area contributed by atoms with E-state index in [1.54, 1.807) is 29.8 Å². The lowest BCUT2D eigenvalue weighted by Gasteiger charge is -2.16. The lowest BCUT2D eigenvalue weighted by Crippen LogP contribution is -2.18. The van der Waals surface area contributed by atoms with Gasteiger partial charge in [0.25, 0.3) is 5.91 Å². The summed E-state index contributed by atoms with van der Waals surface area (Å²) in [4.78, 5) is 26.7. The number of hydrogen-bond donors (Lipinski definition) is 1. The van der Waals surface area contributed by atoms with E-state index in [9.17, 15) is 4.79 Å². The van der Waals surface area contributed by atoms with Gasteiger partial charge in [-0.2, -0.15) is 5.10 Å². The molecule has 0 aliphatic rings. The fourth-order valence-corrected chi connectivity index (χ4v) is 4.15. The average Bonchev–Trinajstić information content (AvgIpc) is 3.33. The number of anilines is 2. The van der Waals surface area contributed by atoms with Crippen LogP contribution >= 0.6 is 11.3 Å². The summed E-state index contributed by atoms with van der Waals surface area (Å²) in [6, 6.07) is 9.73. The standard InChI is InChI=1S/C22H24N6OS/c1-13(2)28-20-16(12-24-28)15(11-18(25-20)19-9-8-14(3)30-19)22(29)26-17-7-6-10-23-21(17)27(4)5/h6-13H,1-5H3,(H,26,29). The summed E-state index contributed by atoms with van der Waals surface area (Å²) in [5.41, 5.74) is 2.67. The van der Waals surface area contributed by atoms with Gasteiger partial charge in [0.05, 0.1) is 33.4 Å². The number of carbonyl (C=O) groups is 1. The third kappa shape index (κ3) is 3.66. The van der Waals surface area contributed by atoms with Crippen molar-refractivity contribution in [2.24, 2.45) is 0 Å². The van der Waals surface area contributed by atoms with Crippen LogP contribution in [0.4, 0.5) is 11.5 Å². The van der Waals surface area contributed by atoms with E-state index in [2.05, 4.69) is 42.2 Å². The third-order valence-corrected chi connectivity index (χ3v) is 5.77. The Morgan fingerprint density at radius 3 is 2.70 bits per heavy atom. The molecule has 7 nitrogen and oxygen atoms in total. The van der Waals surface area contributed by atoms with Crippen molar-refractivity contribution in [3.05, 3.63) is 53.2 Å². The largest absolute Gasteiger partial charge is 0.361 e. The molecule has 0 saturated heterocycles. The van der Waals surface area contributed by atoms with Crippen LogP contribution in [0.15, 0.2) is 42.7 Å². The van der Waals surface area contributed by atoms with Gasteiger partial charge in [0.2, 0.25) is 0 Å². The first-order chi connectivity index (χ1) is 14.3. The second-order valence-electron chi connectivity index (χ2n) is 7.61. The van der Waals surface area contributed by atoms with Gasteiger partial charge >= 0.3 is 0 Å². The molecular formula is C22H24N6OS. The van der Waals surface area contributed by atoms with E-state index < -0.39 is 0 Å². The number of aryl methyl sites for hydroxylation is 1. The minimum Gasteiger partial charge on any atom is -0.361 e. The number of nitrogens with one attached hydrogen (secondary N) is 1. The molecule has 30 heavy (non-hydrogen) atoms. The van der Waals surface area contributed by atoms with Crippen molar-refractivity contribution in [3.63, 3.8) is 0 Å². The Labute approximate surface area is 179 Å². The summed E-state index contributed by atoms with van der Waals surface area (Å²) in [5.74, 6) is 0.486. The minimum absolute atomic E-state index is 0.130. The first-order valence-electron chi connectivity index (χ1n) is 9.74. The number of carbonyl (C=O) groups excluding carboxylic acids is 1. The van der Waals surface area contributed by atoms with Gasteiger partial charge in [0.1, 0.15) is 0 Å². The van der Waals surface area contributed by atoms with E-state index in [-0.39, 0.29) is 11.9 Å². The van der Waals surface area contributed by atoms with Crippen LogP contribution in [0.2, 0.25) is 0 Å². The van der Waals surface area contributed by atoms with Crippen molar-refractivity contribution < 1.29 is 4.79 Å². The molecule has 0 atom stereocenters. The van der Waals surface area contributed by atoms with Gasteiger partial charge in [-0.1, -0.05) is 0 Å². The second-order valence-corrected chi connectivity index (χ2v) is 8.90. The van der Waals surface area contributed by atoms with Crippen molar-refractivity contribution in [2.45, 2.75) is 26.8 Å². The Morgan fingerprint density at radius 1 is 1.23 bits per heavy atom. The molecule has 0 spiro atoms. The molecule has 0 unspecified atom stereocenters. The average molecular weight is 421 g/mol. The monoisotopic (exact) mass is 420 g/mol. The highest BCUT2D eigenvalue weighted by Gasteiger charge is 2.20. The van der Waals surface area contributed by atoms with Crippen LogP contribution in [-0.2, 0) is 0 Å². The highest BCUT2D eigenvalue weighted by molar-refractivity contribution is 7.15. The summed E-state index contributed by atoms with van der Waals surface area (Å²) >= 11 is 1.66. The van der Waals surface area contributed by atoms with Crippen LogP contribution in [0, 0.1) is 6.92 Å². The topological polar surface area (TPSA) is 75.9 Å². The first-order valence-corrected chi connectivity index (χ1v) is 10.6. The van der Waals surface area contributed by atoms with E-state index in [4.69, 9.17) is 4.98 Å². The van der Waals surface area contributed by atoms with Crippen LogP contribution in [0.25, 0.3) is 21.6 Å². The van der Waals surface area contributed by atoms with Crippen LogP contribution in [-0.4, -0.2) is 39.8 Å². The Bertz CT molecular complexity index is 1220. The Balaban J connectivity index is 1.84. The maximum absolute atomic E-state index is 13.4. The van der Waals surface area contributed by atoms with Gasteiger partial charge in [0, 0.05) is 31.2 Å². The lowest BCUT2D eigenvalue weighted by atomic mass is 10.1. The molecule has 4 aromatic rings. The molecule has 0 saturated carbocycles. The summed E-state index contributed by atoms with van der Waals surface area (Å²) in [7, 11) is 3.79. The van der Waals surface area contributed by atoms with E-state index in [1.807, 2.05) is 41.9 Å². The summed E-state index contributed by atoms with van der Waals surface area (Å²) in [6.07, 6.45) is 3.43. The van der Waals surface area contributed by atoms with E-state index >= 15 is 0 Å². The van der Waals surface area contributed by atoms with Crippen LogP contribution in [0.5, 0.6) is 0 Å². The van der Waals surface area contributed by atoms with Crippen LogP contribution in [0.1, 0.15) is 35.1 Å². The van der Waals surface area contributed by atoms with Gasteiger partial charge in [0.15, 0.2) is 11.5 Å². The molecule has 0 bridgehead atoms. The summed E-state index contributed by atoms with van der Waals surface area (Å²) in [5, 5.41) is 8.24. The molecular weight excluding hydrogens is 396 g/mol. The molecule has 8 heteroatoms. The van der Waals surface area contributed by atoms with Crippen molar-refractivity contribution in [2.75, 3.05) is 24.3 Å². The number of rotatable bonds is 5. The van der Waals surface area contributed by atoms with Gasteiger partial charge < -0.3 is 10.2 Å². The predicted molar refractivity (Wildman–Crippen MR) is 122 cm³/mol. The Morgan fingerprint density at radius 2 is 2.03 bits per heavy atom. The molecule has 4 rings (SSSR count). The fraction of sp³-hybridized carbons (Fsp3) is 0.273. The number of pyridine rings is 2. The number of fused-ring (bicyclic) bond motifs is 1. The molecule has 154 valence electrons. The number of thiophene rings is 1. The summed E-state index contributed by atoms with van der Waals surface area (Å²) in [6.45, 7) is 6.16. The highest BCUT2D eigenvalue weighted by Crippen LogP contribution is 2.31. The van der Waals surface area contributed by atoms with Gasteiger partial charge in [-0.05, 0) is 51.1 Å². The second kappa shape index (κ2) is 7.87. The SMILES string of the molecule is Cc1ccc(-c2cc(C(=O)Nc3cccnc3N(C)C)c3cnn(C(C)C)c3n2)s1. The molecule has 1 amide bonds.